The number of ether oxygens (including phenoxy) is 1. The number of nitrogens with one attached hydrogen (secondary N) is 1. The standard InChI is InChI=1S/C26H28N4O3/c1-33-21-13-11-18(12-14-21)15-16-29-24-22(25(31)28-26(29)32)30(17-19-7-3-2-4-8-19)23(27-24)20-9-5-6-10-20/h2-4,7-8,11-14,20H,5-6,9-10,15-17H2,1H3,(H,28,31,32). The highest BCUT2D eigenvalue weighted by Crippen LogP contribution is 2.35. The first-order valence-corrected chi connectivity index (χ1v) is 11.5. The first-order chi connectivity index (χ1) is 16.1. The molecule has 170 valence electrons. The number of fused-ring (bicyclic) bond motifs is 1. The Bertz CT molecular complexity index is 1360. The maximum Gasteiger partial charge on any atom is 0.330 e. The number of H-pyrrole nitrogens is 1. The molecule has 0 amide bonds. The molecule has 1 fully saturated rings. The zero-order chi connectivity index (χ0) is 22.8. The minimum absolute atomic E-state index is 0.311. The molecule has 2 aromatic carbocycles. The van der Waals surface area contributed by atoms with E-state index < -0.39 is 5.69 Å². The number of hydrogen-bond donors (Lipinski definition) is 1. The van der Waals surface area contributed by atoms with Crippen LogP contribution in [0, 0.1) is 0 Å². The van der Waals surface area contributed by atoms with Gasteiger partial charge in [0.2, 0.25) is 0 Å². The van der Waals surface area contributed by atoms with Crippen molar-refractivity contribution in [2.45, 2.75) is 51.1 Å². The summed E-state index contributed by atoms with van der Waals surface area (Å²) in [6.07, 6.45) is 5.10. The highest BCUT2D eigenvalue weighted by atomic mass is 16.5. The molecule has 33 heavy (non-hydrogen) atoms. The van der Waals surface area contributed by atoms with Gasteiger partial charge in [0.25, 0.3) is 5.56 Å². The van der Waals surface area contributed by atoms with Crippen molar-refractivity contribution in [3.05, 3.63) is 92.4 Å². The molecule has 1 aliphatic rings. The molecule has 7 heteroatoms. The lowest BCUT2D eigenvalue weighted by Crippen LogP contribution is -2.31. The Kier molecular flexibility index (Phi) is 5.86. The Hall–Kier alpha value is -3.61. The van der Waals surface area contributed by atoms with Gasteiger partial charge in [0.1, 0.15) is 11.6 Å². The molecule has 0 spiro atoms. The lowest BCUT2D eigenvalue weighted by molar-refractivity contribution is 0.414. The molecule has 1 aliphatic carbocycles. The van der Waals surface area contributed by atoms with Crippen molar-refractivity contribution in [3.63, 3.8) is 0 Å². The summed E-state index contributed by atoms with van der Waals surface area (Å²) in [6.45, 7) is 0.994. The lowest BCUT2D eigenvalue weighted by atomic mass is 10.1. The topological polar surface area (TPSA) is 81.9 Å². The first kappa shape index (κ1) is 21.2. The van der Waals surface area contributed by atoms with Crippen LogP contribution in [0.4, 0.5) is 0 Å². The Balaban J connectivity index is 1.58. The van der Waals surface area contributed by atoms with E-state index in [1.807, 2.05) is 47.0 Å². The van der Waals surface area contributed by atoms with Crippen molar-refractivity contribution < 1.29 is 4.74 Å². The van der Waals surface area contributed by atoms with Crippen LogP contribution in [0.15, 0.2) is 64.2 Å². The van der Waals surface area contributed by atoms with Crippen LogP contribution in [0.5, 0.6) is 5.75 Å². The third-order valence-electron chi connectivity index (χ3n) is 6.60. The molecular formula is C26H28N4O3. The van der Waals surface area contributed by atoms with E-state index in [-0.39, 0.29) is 5.56 Å². The number of aromatic amines is 1. The van der Waals surface area contributed by atoms with E-state index in [1.165, 1.54) is 12.8 Å². The molecule has 0 bridgehead atoms. The Labute approximate surface area is 191 Å². The predicted molar refractivity (Wildman–Crippen MR) is 128 cm³/mol. The van der Waals surface area contributed by atoms with Gasteiger partial charge in [-0.3, -0.25) is 14.3 Å². The maximum absolute atomic E-state index is 13.0. The summed E-state index contributed by atoms with van der Waals surface area (Å²) in [4.78, 5) is 33.3. The molecule has 0 radical (unpaired) electrons. The van der Waals surface area contributed by atoms with Gasteiger partial charge in [-0.2, -0.15) is 0 Å². The number of benzene rings is 2. The summed E-state index contributed by atoms with van der Waals surface area (Å²) in [7, 11) is 1.64. The molecule has 1 N–H and O–H groups in total. The van der Waals surface area contributed by atoms with Gasteiger partial charge in [0.05, 0.1) is 7.11 Å². The molecule has 7 nitrogen and oxygen atoms in total. The lowest BCUT2D eigenvalue weighted by Gasteiger charge is -2.13. The largest absolute Gasteiger partial charge is 0.497 e. The van der Waals surface area contributed by atoms with Crippen molar-refractivity contribution in [1.82, 2.24) is 19.1 Å². The van der Waals surface area contributed by atoms with Crippen molar-refractivity contribution in [1.29, 1.82) is 0 Å². The fraction of sp³-hybridized carbons (Fsp3) is 0.346. The molecule has 2 heterocycles. The van der Waals surface area contributed by atoms with Crippen LogP contribution in [0.25, 0.3) is 11.2 Å². The molecule has 0 atom stereocenters. The second-order valence-electron chi connectivity index (χ2n) is 8.70. The third-order valence-corrected chi connectivity index (χ3v) is 6.60. The smallest absolute Gasteiger partial charge is 0.330 e. The Morgan fingerprint density at radius 3 is 2.39 bits per heavy atom. The molecule has 2 aromatic heterocycles. The van der Waals surface area contributed by atoms with Crippen LogP contribution >= 0.6 is 0 Å². The maximum atomic E-state index is 13.0. The average molecular weight is 445 g/mol. The fourth-order valence-corrected chi connectivity index (χ4v) is 4.85. The van der Waals surface area contributed by atoms with Gasteiger partial charge < -0.3 is 9.30 Å². The zero-order valence-corrected chi connectivity index (χ0v) is 18.8. The van der Waals surface area contributed by atoms with Crippen LogP contribution in [0.2, 0.25) is 0 Å². The minimum Gasteiger partial charge on any atom is -0.497 e. The quantitative estimate of drug-likeness (QED) is 0.470. The number of hydrogen-bond acceptors (Lipinski definition) is 4. The van der Waals surface area contributed by atoms with Gasteiger partial charge >= 0.3 is 5.69 Å². The van der Waals surface area contributed by atoms with Crippen molar-refractivity contribution in [2.24, 2.45) is 0 Å². The summed E-state index contributed by atoms with van der Waals surface area (Å²) < 4.78 is 8.87. The monoisotopic (exact) mass is 444 g/mol. The number of aryl methyl sites for hydroxylation is 2. The summed E-state index contributed by atoms with van der Waals surface area (Å²) in [5.41, 5.74) is 2.37. The van der Waals surface area contributed by atoms with E-state index in [9.17, 15) is 9.59 Å². The fourth-order valence-electron chi connectivity index (χ4n) is 4.85. The molecule has 4 aromatic rings. The van der Waals surface area contributed by atoms with Gasteiger partial charge in [-0.1, -0.05) is 55.3 Å². The first-order valence-electron chi connectivity index (χ1n) is 11.5. The normalized spacial score (nSPS) is 14.2. The number of aromatic nitrogens is 4. The minimum atomic E-state index is -0.414. The third kappa shape index (κ3) is 4.23. The summed E-state index contributed by atoms with van der Waals surface area (Å²) in [5.74, 6) is 2.02. The second-order valence-corrected chi connectivity index (χ2v) is 8.70. The van der Waals surface area contributed by atoms with E-state index in [2.05, 4.69) is 17.1 Å². The highest BCUT2D eigenvalue weighted by molar-refractivity contribution is 5.71. The molecule has 0 aliphatic heterocycles. The van der Waals surface area contributed by atoms with E-state index in [4.69, 9.17) is 9.72 Å². The molecule has 5 rings (SSSR count). The molecule has 1 saturated carbocycles. The van der Waals surface area contributed by atoms with Crippen LogP contribution < -0.4 is 16.0 Å². The predicted octanol–water partition coefficient (Wildman–Crippen LogP) is 3.84. The number of methoxy groups -OCH3 is 1. The van der Waals surface area contributed by atoms with Crippen molar-refractivity contribution in [2.75, 3.05) is 7.11 Å². The SMILES string of the molecule is COc1ccc(CCn2c(=O)[nH]c(=O)c3c2nc(C2CCCC2)n3Cc2ccccc2)cc1. The van der Waals surface area contributed by atoms with Crippen molar-refractivity contribution in [3.8, 4) is 5.75 Å². The van der Waals surface area contributed by atoms with Gasteiger partial charge in [-0.05, 0) is 42.5 Å². The van der Waals surface area contributed by atoms with Gasteiger partial charge in [-0.25, -0.2) is 9.78 Å². The number of imidazole rings is 1. The van der Waals surface area contributed by atoms with Crippen LogP contribution in [-0.4, -0.2) is 26.2 Å². The Morgan fingerprint density at radius 2 is 1.70 bits per heavy atom. The highest BCUT2D eigenvalue weighted by Gasteiger charge is 2.26. The van der Waals surface area contributed by atoms with E-state index >= 15 is 0 Å². The van der Waals surface area contributed by atoms with Gasteiger partial charge in [0.15, 0.2) is 11.2 Å². The molecule has 0 unspecified atom stereocenters. The van der Waals surface area contributed by atoms with Crippen LogP contribution in [0.1, 0.15) is 48.6 Å². The van der Waals surface area contributed by atoms with E-state index in [0.29, 0.717) is 36.6 Å². The Morgan fingerprint density at radius 1 is 0.970 bits per heavy atom. The molecule has 0 saturated heterocycles. The van der Waals surface area contributed by atoms with Gasteiger partial charge in [-0.15, -0.1) is 0 Å². The second kappa shape index (κ2) is 9.10. The average Bonchev–Trinajstić information content (AvgIpc) is 3.49. The number of nitrogens with zero attached hydrogens (tertiary/aromatic N) is 3. The summed E-state index contributed by atoms with van der Waals surface area (Å²) in [5, 5.41) is 0. The van der Waals surface area contributed by atoms with Crippen molar-refractivity contribution >= 4 is 11.2 Å². The summed E-state index contributed by atoms with van der Waals surface area (Å²) >= 11 is 0. The number of rotatable bonds is 7. The van der Waals surface area contributed by atoms with Crippen LogP contribution in [0.3, 0.4) is 0 Å². The van der Waals surface area contributed by atoms with Crippen LogP contribution in [-0.2, 0) is 19.5 Å². The van der Waals surface area contributed by atoms with E-state index in [1.54, 1.807) is 11.7 Å². The zero-order valence-electron chi connectivity index (χ0n) is 18.8. The molecular weight excluding hydrogens is 416 g/mol. The van der Waals surface area contributed by atoms with E-state index in [0.717, 1.165) is 35.5 Å². The van der Waals surface area contributed by atoms with Gasteiger partial charge in [0, 0.05) is 19.0 Å². The summed E-state index contributed by atoms with van der Waals surface area (Å²) in [6, 6.07) is 17.9.